The molecular formula is C20H29IN4OS. The number of nitrogens with one attached hydrogen (secondary N) is 2. The average Bonchev–Trinajstić information content (AvgIpc) is 3.28. The molecule has 2 N–H and O–H groups in total. The number of thiophene rings is 1. The van der Waals surface area contributed by atoms with Gasteiger partial charge in [0.15, 0.2) is 5.96 Å². The van der Waals surface area contributed by atoms with E-state index in [0.717, 1.165) is 31.2 Å². The van der Waals surface area contributed by atoms with Crippen LogP contribution in [0.4, 0.5) is 0 Å². The standard InChI is InChI=1S/C20H28N4OS.HI/c1-4-21-20(23-14-17(24(2)3)19-10-7-11-26-19)22-13-16-12-15-8-5-6-9-18(15)25-16;/h5-11,16-17H,4,12-14H2,1-3H3,(H2,21,22,23);1H. The number of halogens is 1. The van der Waals surface area contributed by atoms with Crippen LogP contribution in [0.25, 0.3) is 0 Å². The lowest BCUT2D eigenvalue weighted by Crippen LogP contribution is -2.42. The van der Waals surface area contributed by atoms with Crippen LogP contribution in [0.15, 0.2) is 46.8 Å². The first-order chi connectivity index (χ1) is 12.7. The molecule has 148 valence electrons. The van der Waals surface area contributed by atoms with E-state index in [0.29, 0.717) is 6.54 Å². The monoisotopic (exact) mass is 500 g/mol. The number of hydrogen-bond acceptors (Lipinski definition) is 4. The number of likely N-dealkylation sites (N-methyl/N-ethyl adjacent to an activating group) is 1. The van der Waals surface area contributed by atoms with Gasteiger partial charge in [0.25, 0.3) is 0 Å². The number of rotatable bonds is 7. The van der Waals surface area contributed by atoms with Gasteiger partial charge < -0.3 is 20.3 Å². The molecule has 0 radical (unpaired) electrons. The number of aliphatic imine (C=N–C) groups is 1. The van der Waals surface area contributed by atoms with Gasteiger partial charge in [-0.2, -0.15) is 0 Å². The minimum absolute atomic E-state index is 0. The molecule has 1 aliphatic rings. The summed E-state index contributed by atoms with van der Waals surface area (Å²) in [6.45, 7) is 4.38. The summed E-state index contributed by atoms with van der Waals surface area (Å²) < 4.78 is 6.01. The highest BCUT2D eigenvalue weighted by Gasteiger charge is 2.22. The van der Waals surface area contributed by atoms with Crippen LogP contribution >= 0.6 is 35.3 Å². The van der Waals surface area contributed by atoms with Crippen molar-refractivity contribution in [3.63, 3.8) is 0 Å². The maximum absolute atomic E-state index is 6.01. The Kier molecular flexibility index (Phi) is 8.85. The molecule has 0 amide bonds. The molecule has 0 fully saturated rings. The second-order valence-electron chi connectivity index (χ2n) is 6.65. The molecule has 2 unspecified atom stereocenters. The molecule has 2 atom stereocenters. The zero-order valence-electron chi connectivity index (χ0n) is 16.1. The van der Waals surface area contributed by atoms with Gasteiger partial charge in [-0.3, -0.25) is 4.99 Å². The van der Waals surface area contributed by atoms with Crippen LogP contribution in [0.5, 0.6) is 5.75 Å². The Bertz CT molecular complexity index is 696. The Hall–Kier alpha value is -1.32. The fourth-order valence-corrected chi connectivity index (χ4v) is 4.00. The zero-order chi connectivity index (χ0) is 18.4. The van der Waals surface area contributed by atoms with Gasteiger partial charge in [-0.1, -0.05) is 24.3 Å². The summed E-state index contributed by atoms with van der Waals surface area (Å²) in [5.41, 5.74) is 1.28. The summed E-state index contributed by atoms with van der Waals surface area (Å²) in [6, 6.07) is 12.8. The number of para-hydroxylation sites is 1. The third-order valence-electron chi connectivity index (χ3n) is 4.47. The van der Waals surface area contributed by atoms with Crippen LogP contribution in [-0.2, 0) is 6.42 Å². The molecule has 0 bridgehead atoms. The van der Waals surface area contributed by atoms with Gasteiger partial charge in [0.2, 0.25) is 0 Å². The summed E-state index contributed by atoms with van der Waals surface area (Å²) in [5.74, 6) is 1.85. The Morgan fingerprint density at radius 1 is 1.26 bits per heavy atom. The maximum atomic E-state index is 6.01. The second-order valence-corrected chi connectivity index (χ2v) is 7.63. The molecule has 7 heteroatoms. The van der Waals surface area contributed by atoms with Crippen molar-refractivity contribution >= 4 is 41.3 Å². The van der Waals surface area contributed by atoms with E-state index in [1.807, 2.05) is 12.1 Å². The Balaban J connectivity index is 0.00000261. The van der Waals surface area contributed by atoms with E-state index in [1.165, 1.54) is 10.4 Å². The van der Waals surface area contributed by atoms with E-state index < -0.39 is 0 Å². The topological polar surface area (TPSA) is 48.9 Å². The lowest BCUT2D eigenvalue weighted by atomic mass is 10.1. The molecule has 3 rings (SSSR count). The SMILES string of the molecule is CCNC(=NCC(c1cccs1)N(C)C)NCC1Cc2ccccc2O1.I. The van der Waals surface area contributed by atoms with Crippen molar-refractivity contribution in [3.05, 3.63) is 52.2 Å². The predicted octanol–water partition coefficient (Wildman–Crippen LogP) is 3.53. The van der Waals surface area contributed by atoms with Crippen molar-refractivity contribution in [1.29, 1.82) is 0 Å². The van der Waals surface area contributed by atoms with Gasteiger partial charge in [-0.05, 0) is 44.1 Å². The molecule has 0 aliphatic carbocycles. The molecular weight excluding hydrogens is 471 g/mol. The lowest BCUT2D eigenvalue weighted by Gasteiger charge is -2.22. The van der Waals surface area contributed by atoms with Gasteiger partial charge in [0.05, 0.1) is 19.1 Å². The van der Waals surface area contributed by atoms with Gasteiger partial charge in [-0.15, -0.1) is 35.3 Å². The molecule has 1 aromatic heterocycles. The van der Waals surface area contributed by atoms with Crippen molar-refractivity contribution in [3.8, 4) is 5.75 Å². The van der Waals surface area contributed by atoms with Crippen molar-refractivity contribution < 1.29 is 4.74 Å². The highest BCUT2D eigenvalue weighted by molar-refractivity contribution is 14.0. The highest BCUT2D eigenvalue weighted by Crippen LogP contribution is 2.27. The number of fused-ring (bicyclic) bond motifs is 1. The second kappa shape index (κ2) is 10.9. The van der Waals surface area contributed by atoms with E-state index >= 15 is 0 Å². The Morgan fingerprint density at radius 3 is 2.74 bits per heavy atom. The van der Waals surface area contributed by atoms with E-state index in [4.69, 9.17) is 9.73 Å². The van der Waals surface area contributed by atoms with Crippen molar-refractivity contribution in [2.24, 2.45) is 4.99 Å². The average molecular weight is 500 g/mol. The predicted molar refractivity (Wildman–Crippen MR) is 125 cm³/mol. The molecule has 5 nitrogen and oxygen atoms in total. The summed E-state index contributed by atoms with van der Waals surface area (Å²) in [4.78, 5) is 8.36. The fraction of sp³-hybridized carbons (Fsp3) is 0.450. The minimum Gasteiger partial charge on any atom is -0.488 e. The first-order valence-corrected chi connectivity index (χ1v) is 10.0. The number of nitrogens with zero attached hydrogens (tertiary/aromatic N) is 2. The summed E-state index contributed by atoms with van der Waals surface area (Å²) in [5, 5.41) is 8.89. The Labute approximate surface area is 183 Å². The smallest absolute Gasteiger partial charge is 0.191 e. The molecule has 1 aliphatic heterocycles. The molecule has 0 spiro atoms. The van der Waals surface area contributed by atoms with Gasteiger partial charge >= 0.3 is 0 Å². The van der Waals surface area contributed by atoms with Crippen LogP contribution in [-0.4, -0.2) is 50.7 Å². The molecule has 2 aromatic rings. The summed E-state index contributed by atoms with van der Waals surface area (Å²) in [7, 11) is 4.20. The number of benzene rings is 1. The van der Waals surface area contributed by atoms with Crippen LogP contribution in [0.2, 0.25) is 0 Å². The quantitative estimate of drug-likeness (QED) is 0.347. The molecule has 0 saturated heterocycles. The summed E-state index contributed by atoms with van der Waals surface area (Å²) >= 11 is 1.78. The first-order valence-electron chi connectivity index (χ1n) is 9.14. The van der Waals surface area contributed by atoms with Crippen molar-refractivity contribution in [2.45, 2.75) is 25.5 Å². The largest absolute Gasteiger partial charge is 0.488 e. The van der Waals surface area contributed by atoms with Gasteiger partial charge in [0.1, 0.15) is 11.9 Å². The first kappa shape index (κ1) is 22.0. The van der Waals surface area contributed by atoms with E-state index in [1.54, 1.807) is 11.3 Å². The van der Waals surface area contributed by atoms with E-state index in [9.17, 15) is 0 Å². The van der Waals surface area contributed by atoms with Crippen LogP contribution in [0.3, 0.4) is 0 Å². The number of hydrogen-bond donors (Lipinski definition) is 2. The third kappa shape index (κ3) is 6.08. The van der Waals surface area contributed by atoms with E-state index in [-0.39, 0.29) is 36.1 Å². The summed E-state index contributed by atoms with van der Waals surface area (Å²) in [6.07, 6.45) is 1.09. The van der Waals surface area contributed by atoms with Crippen LogP contribution < -0.4 is 15.4 Å². The number of ether oxygens (including phenoxy) is 1. The molecule has 2 heterocycles. The number of guanidine groups is 1. The lowest BCUT2D eigenvalue weighted by molar-refractivity contribution is 0.234. The van der Waals surface area contributed by atoms with Crippen molar-refractivity contribution in [2.75, 3.05) is 33.7 Å². The Morgan fingerprint density at radius 2 is 2.07 bits per heavy atom. The molecule has 27 heavy (non-hydrogen) atoms. The molecule has 1 aromatic carbocycles. The van der Waals surface area contributed by atoms with E-state index in [2.05, 4.69) is 66.2 Å². The normalized spacial score (nSPS) is 17.0. The highest BCUT2D eigenvalue weighted by atomic mass is 127. The van der Waals surface area contributed by atoms with Gasteiger partial charge in [-0.25, -0.2) is 0 Å². The zero-order valence-corrected chi connectivity index (χ0v) is 19.3. The third-order valence-corrected chi connectivity index (χ3v) is 5.45. The van der Waals surface area contributed by atoms with Crippen LogP contribution in [0.1, 0.15) is 23.4 Å². The molecule has 0 saturated carbocycles. The maximum Gasteiger partial charge on any atom is 0.191 e. The van der Waals surface area contributed by atoms with Crippen LogP contribution in [0, 0.1) is 0 Å². The minimum atomic E-state index is 0. The van der Waals surface area contributed by atoms with Gasteiger partial charge in [0, 0.05) is 17.8 Å². The van der Waals surface area contributed by atoms with Crippen molar-refractivity contribution in [1.82, 2.24) is 15.5 Å². The fourth-order valence-electron chi connectivity index (χ4n) is 3.09.